The lowest BCUT2D eigenvalue weighted by Crippen LogP contribution is -2.30. The first kappa shape index (κ1) is 27.5. The molecule has 1 N–H and O–H groups in total. The smallest absolute Gasteiger partial charge is 0.295 e. The zero-order chi connectivity index (χ0) is 28.4. The van der Waals surface area contributed by atoms with E-state index in [-0.39, 0.29) is 41.6 Å². The molecule has 1 fully saturated rings. The Morgan fingerprint density at radius 1 is 1.10 bits per heavy atom. The molecule has 1 saturated carbocycles. The third-order valence-corrected chi connectivity index (χ3v) is 8.40. The topological polar surface area (TPSA) is 164 Å². The van der Waals surface area contributed by atoms with Gasteiger partial charge >= 0.3 is 0 Å². The van der Waals surface area contributed by atoms with Crippen LogP contribution in [0.25, 0.3) is 22.6 Å². The molecule has 40 heavy (non-hydrogen) atoms. The lowest BCUT2D eigenvalue weighted by Gasteiger charge is -2.18. The summed E-state index contributed by atoms with van der Waals surface area (Å²) < 4.78 is 36.5. The van der Waals surface area contributed by atoms with E-state index in [1.807, 2.05) is 6.92 Å². The first-order valence-corrected chi connectivity index (χ1v) is 14.5. The Morgan fingerprint density at radius 3 is 2.55 bits per heavy atom. The van der Waals surface area contributed by atoms with E-state index in [0.717, 1.165) is 18.5 Å². The average Bonchev–Trinajstić information content (AvgIpc) is 3.81. The fraction of sp³-hybridized carbons (Fsp3) is 0.423. The lowest BCUT2D eigenvalue weighted by molar-refractivity contribution is 0.162. The predicted octanol–water partition coefficient (Wildman–Crippen LogP) is 2.54. The molecule has 1 aliphatic rings. The number of hydrogen-bond acceptors (Lipinski definition) is 12. The molecule has 0 saturated heterocycles. The summed E-state index contributed by atoms with van der Waals surface area (Å²) in [5.74, 6) is 1.07. The van der Waals surface area contributed by atoms with E-state index in [0.29, 0.717) is 34.1 Å². The number of hydrogen-bond donors (Lipinski definition) is 1. The van der Waals surface area contributed by atoms with Crippen LogP contribution in [-0.2, 0) is 21.1 Å². The van der Waals surface area contributed by atoms with Crippen molar-refractivity contribution in [1.82, 2.24) is 34.5 Å². The minimum absolute atomic E-state index is 0.0117. The Balaban J connectivity index is 1.55. The number of nitrogens with one attached hydrogen (secondary N) is 1. The number of sulfone groups is 1. The molecule has 0 aromatic carbocycles. The van der Waals surface area contributed by atoms with Crippen LogP contribution in [0.2, 0.25) is 0 Å². The molecule has 0 radical (unpaired) electrons. The van der Waals surface area contributed by atoms with Gasteiger partial charge in [-0.3, -0.25) is 14.3 Å². The van der Waals surface area contributed by atoms with Gasteiger partial charge in [-0.25, -0.2) is 33.3 Å². The van der Waals surface area contributed by atoms with Gasteiger partial charge in [0.2, 0.25) is 5.88 Å². The van der Waals surface area contributed by atoms with E-state index in [2.05, 4.69) is 30.2 Å². The third kappa shape index (κ3) is 5.36. The van der Waals surface area contributed by atoms with Crippen LogP contribution in [0.1, 0.15) is 50.0 Å². The summed E-state index contributed by atoms with van der Waals surface area (Å²) in [6, 6.07) is 2.73. The van der Waals surface area contributed by atoms with E-state index in [9.17, 15) is 13.2 Å². The molecule has 210 valence electrons. The standard InChI is InChI=1S/C26H30N8O5S/c1-5-40(36,37)18-9-8-17(27-11-18)10-28-23-26(35)34(15(2)13-38-3)24-19(32-23)12-29-22(33-24)20-21(16-6-7-16)30-14-31-25(20)39-4/h8-9,11-12,14-16H,5-7,10,13H2,1-4H3,(H,28,32). The molecule has 1 unspecified atom stereocenters. The SMILES string of the molecule is CCS(=O)(=O)c1ccc(CNc2nc3cnc(-c4c(OC)ncnc4C4CC4)nc3n(C(C)COC)c2=O)nc1. The van der Waals surface area contributed by atoms with E-state index in [1.54, 1.807) is 26.3 Å². The van der Waals surface area contributed by atoms with E-state index in [1.165, 1.54) is 30.3 Å². The number of anilines is 1. The minimum Gasteiger partial charge on any atom is -0.480 e. The van der Waals surface area contributed by atoms with Crippen LogP contribution in [0.4, 0.5) is 5.82 Å². The van der Waals surface area contributed by atoms with Gasteiger partial charge in [0.25, 0.3) is 5.56 Å². The first-order chi connectivity index (χ1) is 19.3. The molecular weight excluding hydrogens is 536 g/mol. The van der Waals surface area contributed by atoms with Crippen LogP contribution >= 0.6 is 0 Å². The van der Waals surface area contributed by atoms with Crippen LogP contribution in [0.15, 0.2) is 40.5 Å². The number of pyridine rings is 1. The van der Waals surface area contributed by atoms with Crippen molar-refractivity contribution in [2.45, 2.75) is 50.1 Å². The molecule has 4 heterocycles. The highest BCUT2D eigenvalue weighted by atomic mass is 32.2. The van der Waals surface area contributed by atoms with Crippen LogP contribution in [0.5, 0.6) is 5.88 Å². The second kappa shape index (κ2) is 11.2. The van der Waals surface area contributed by atoms with Crippen LogP contribution in [0.3, 0.4) is 0 Å². The van der Waals surface area contributed by atoms with Gasteiger partial charge in [0.15, 0.2) is 27.1 Å². The Morgan fingerprint density at radius 2 is 1.90 bits per heavy atom. The third-order valence-electron chi connectivity index (χ3n) is 6.68. The van der Waals surface area contributed by atoms with Crippen molar-refractivity contribution >= 4 is 26.8 Å². The van der Waals surface area contributed by atoms with Gasteiger partial charge in [-0.2, -0.15) is 0 Å². The van der Waals surface area contributed by atoms with Crippen molar-refractivity contribution in [2.24, 2.45) is 0 Å². The van der Waals surface area contributed by atoms with Crippen molar-refractivity contribution in [3.05, 3.63) is 52.6 Å². The molecule has 4 aromatic rings. The highest BCUT2D eigenvalue weighted by Crippen LogP contribution is 2.44. The molecule has 5 rings (SSSR count). The van der Waals surface area contributed by atoms with Crippen molar-refractivity contribution in [3.63, 3.8) is 0 Å². The van der Waals surface area contributed by atoms with E-state index >= 15 is 0 Å². The van der Waals surface area contributed by atoms with Gasteiger partial charge in [0, 0.05) is 19.2 Å². The number of rotatable bonds is 11. The Kier molecular flexibility index (Phi) is 7.72. The summed E-state index contributed by atoms with van der Waals surface area (Å²) in [4.78, 5) is 40.6. The number of aromatic nitrogens is 7. The average molecular weight is 567 g/mol. The second-order valence-corrected chi connectivity index (χ2v) is 11.8. The maximum atomic E-state index is 13.7. The largest absolute Gasteiger partial charge is 0.480 e. The predicted molar refractivity (Wildman–Crippen MR) is 147 cm³/mol. The maximum absolute atomic E-state index is 13.7. The van der Waals surface area contributed by atoms with Crippen molar-refractivity contribution in [1.29, 1.82) is 0 Å². The zero-order valence-electron chi connectivity index (χ0n) is 22.7. The lowest BCUT2D eigenvalue weighted by atomic mass is 10.1. The quantitative estimate of drug-likeness (QED) is 0.282. The molecule has 0 bridgehead atoms. The van der Waals surface area contributed by atoms with Gasteiger partial charge in [0.1, 0.15) is 17.4 Å². The van der Waals surface area contributed by atoms with Crippen LogP contribution in [-0.4, -0.2) is 69.5 Å². The monoisotopic (exact) mass is 566 g/mol. The molecule has 0 aliphatic heterocycles. The molecule has 0 amide bonds. The normalized spacial score (nSPS) is 14.3. The van der Waals surface area contributed by atoms with Gasteiger partial charge in [-0.15, -0.1) is 0 Å². The number of methoxy groups -OCH3 is 2. The van der Waals surface area contributed by atoms with Gasteiger partial charge in [-0.05, 0) is 31.9 Å². The van der Waals surface area contributed by atoms with Gasteiger partial charge in [-0.1, -0.05) is 6.92 Å². The fourth-order valence-electron chi connectivity index (χ4n) is 4.42. The summed E-state index contributed by atoms with van der Waals surface area (Å²) in [5.41, 5.74) is 2.31. The van der Waals surface area contributed by atoms with Crippen LogP contribution in [0, 0.1) is 0 Å². The summed E-state index contributed by atoms with van der Waals surface area (Å²) in [6.07, 6.45) is 6.37. The fourth-order valence-corrected chi connectivity index (χ4v) is 5.24. The Bertz CT molecular complexity index is 1710. The molecule has 1 atom stereocenters. The number of fused-ring (bicyclic) bond motifs is 1. The van der Waals surface area contributed by atoms with Crippen molar-refractivity contribution in [3.8, 4) is 17.3 Å². The van der Waals surface area contributed by atoms with Crippen LogP contribution < -0.4 is 15.6 Å². The van der Waals surface area contributed by atoms with Gasteiger partial charge in [0.05, 0.1) is 54.5 Å². The highest BCUT2D eigenvalue weighted by molar-refractivity contribution is 7.91. The van der Waals surface area contributed by atoms with E-state index < -0.39 is 15.4 Å². The van der Waals surface area contributed by atoms with Crippen molar-refractivity contribution < 1.29 is 17.9 Å². The minimum atomic E-state index is -3.36. The maximum Gasteiger partial charge on any atom is 0.295 e. The summed E-state index contributed by atoms with van der Waals surface area (Å²) in [6.45, 7) is 3.85. The van der Waals surface area contributed by atoms with E-state index in [4.69, 9.17) is 14.5 Å². The number of nitrogens with zero attached hydrogens (tertiary/aromatic N) is 7. The molecule has 14 heteroatoms. The number of ether oxygens (including phenoxy) is 2. The first-order valence-electron chi connectivity index (χ1n) is 12.9. The van der Waals surface area contributed by atoms with Gasteiger partial charge < -0.3 is 14.8 Å². The molecule has 1 aliphatic carbocycles. The summed E-state index contributed by atoms with van der Waals surface area (Å²) in [7, 11) is -0.261. The Labute approximate surface area is 231 Å². The zero-order valence-corrected chi connectivity index (χ0v) is 23.5. The second-order valence-electron chi connectivity index (χ2n) is 9.50. The summed E-state index contributed by atoms with van der Waals surface area (Å²) in [5, 5.41) is 3.04. The molecule has 4 aromatic heterocycles. The molecular formula is C26H30N8O5S. The Hall–Kier alpha value is -4.04. The summed E-state index contributed by atoms with van der Waals surface area (Å²) >= 11 is 0. The highest BCUT2D eigenvalue weighted by Gasteiger charge is 2.31. The van der Waals surface area contributed by atoms with Crippen molar-refractivity contribution in [2.75, 3.05) is 31.9 Å². The molecule has 13 nitrogen and oxygen atoms in total. The molecule has 0 spiro atoms.